The highest BCUT2D eigenvalue weighted by atomic mass is 35.5. The van der Waals surface area contributed by atoms with E-state index >= 15 is 0 Å². The molecule has 1 amide bonds. The van der Waals surface area contributed by atoms with Gasteiger partial charge in [-0.3, -0.25) is 4.79 Å². The van der Waals surface area contributed by atoms with E-state index in [1.54, 1.807) is 0 Å². The van der Waals surface area contributed by atoms with Crippen molar-refractivity contribution in [1.82, 2.24) is 19.7 Å². The van der Waals surface area contributed by atoms with Crippen LogP contribution in [0.25, 0.3) is 11.4 Å². The minimum atomic E-state index is 0.0688. The van der Waals surface area contributed by atoms with Gasteiger partial charge in [-0.15, -0.1) is 10.2 Å². The van der Waals surface area contributed by atoms with Crippen molar-refractivity contribution in [3.05, 3.63) is 29.3 Å². The Morgan fingerprint density at radius 1 is 1.28 bits per heavy atom. The van der Waals surface area contributed by atoms with Gasteiger partial charge in [0.25, 0.3) is 0 Å². The van der Waals surface area contributed by atoms with E-state index in [2.05, 4.69) is 10.2 Å². The fourth-order valence-corrected chi connectivity index (χ4v) is 3.95. The standard InChI is InChI=1S/C17H21ClN4O2S/c1-11-8-22(9-12(2)24-11)15(23)10-25-17-20-19-16(21(17)3)13-6-4-5-7-14(13)18/h4-7,11-12H,8-10H2,1-3H3. The summed E-state index contributed by atoms with van der Waals surface area (Å²) in [6.07, 6.45) is 0.138. The van der Waals surface area contributed by atoms with E-state index in [4.69, 9.17) is 16.3 Å². The molecule has 3 rings (SSSR count). The van der Waals surface area contributed by atoms with Gasteiger partial charge in [-0.05, 0) is 26.0 Å². The summed E-state index contributed by atoms with van der Waals surface area (Å²) >= 11 is 7.62. The number of hydrogen-bond donors (Lipinski definition) is 0. The predicted molar refractivity (Wildman–Crippen MR) is 98.8 cm³/mol. The van der Waals surface area contributed by atoms with Crippen molar-refractivity contribution in [2.24, 2.45) is 7.05 Å². The minimum Gasteiger partial charge on any atom is -0.372 e. The molecule has 25 heavy (non-hydrogen) atoms. The zero-order valence-electron chi connectivity index (χ0n) is 14.5. The van der Waals surface area contributed by atoms with Gasteiger partial charge >= 0.3 is 0 Å². The number of ether oxygens (including phenoxy) is 1. The van der Waals surface area contributed by atoms with Crippen LogP contribution in [0.1, 0.15) is 13.8 Å². The molecule has 1 aliphatic heterocycles. The SMILES string of the molecule is CC1CN(C(=O)CSc2nnc(-c3ccccc3Cl)n2C)CC(C)O1. The van der Waals surface area contributed by atoms with Gasteiger partial charge in [0, 0.05) is 25.7 Å². The summed E-state index contributed by atoms with van der Waals surface area (Å²) in [5.41, 5.74) is 0.827. The summed E-state index contributed by atoms with van der Waals surface area (Å²) in [6, 6.07) is 7.51. The minimum absolute atomic E-state index is 0.0688. The Morgan fingerprint density at radius 3 is 2.64 bits per heavy atom. The molecule has 134 valence electrons. The first-order chi connectivity index (χ1) is 12.0. The lowest BCUT2D eigenvalue weighted by atomic mass is 10.2. The first-order valence-electron chi connectivity index (χ1n) is 8.16. The van der Waals surface area contributed by atoms with E-state index in [-0.39, 0.29) is 18.1 Å². The molecule has 0 N–H and O–H groups in total. The van der Waals surface area contributed by atoms with E-state index < -0.39 is 0 Å². The summed E-state index contributed by atoms with van der Waals surface area (Å²) in [6.45, 7) is 5.24. The van der Waals surface area contributed by atoms with Gasteiger partial charge in [-0.1, -0.05) is 35.5 Å². The lowest BCUT2D eigenvalue weighted by molar-refractivity contribution is -0.140. The molecule has 8 heteroatoms. The second kappa shape index (κ2) is 7.76. The molecule has 0 saturated carbocycles. The second-order valence-corrected chi connectivity index (χ2v) is 7.54. The zero-order valence-corrected chi connectivity index (χ0v) is 16.0. The third kappa shape index (κ3) is 4.16. The van der Waals surface area contributed by atoms with Gasteiger partial charge in [0.15, 0.2) is 11.0 Å². The number of carbonyl (C=O) groups excluding carboxylic acids is 1. The van der Waals surface area contributed by atoms with Gasteiger partial charge < -0.3 is 14.2 Å². The average Bonchev–Trinajstić information content (AvgIpc) is 2.93. The van der Waals surface area contributed by atoms with Crippen molar-refractivity contribution < 1.29 is 9.53 Å². The van der Waals surface area contributed by atoms with E-state index in [1.165, 1.54) is 11.8 Å². The van der Waals surface area contributed by atoms with Crippen molar-refractivity contribution in [2.75, 3.05) is 18.8 Å². The topological polar surface area (TPSA) is 60.2 Å². The number of benzene rings is 1. The summed E-state index contributed by atoms with van der Waals surface area (Å²) in [7, 11) is 1.88. The number of nitrogens with zero attached hydrogens (tertiary/aromatic N) is 4. The van der Waals surface area contributed by atoms with Crippen LogP contribution in [-0.4, -0.2) is 56.6 Å². The summed E-state index contributed by atoms with van der Waals surface area (Å²) in [5.74, 6) is 1.11. The summed E-state index contributed by atoms with van der Waals surface area (Å²) in [5, 5.41) is 9.75. The van der Waals surface area contributed by atoms with E-state index in [1.807, 2.05) is 54.6 Å². The second-order valence-electron chi connectivity index (χ2n) is 6.19. The quantitative estimate of drug-likeness (QED) is 0.763. The highest BCUT2D eigenvalue weighted by Crippen LogP contribution is 2.28. The molecule has 2 aromatic rings. The van der Waals surface area contributed by atoms with Crippen LogP contribution in [0.2, 0.25) is 5.02 Å². The van der Waals surface area contributed by atoms with Crippen LogP contribution in [0.5, 0.6) is 0 Å². The molecular weight excluding hydrogens is 360 g/mol. The van der Waals surface area contributed by atoms with Crippen LogP contribution in [0.3, 0.4) is 0 Å². The molecule has 1 aromatic carbocycles. The van der Waals surface area contributed by atoms with Gasteiger partial charge in [-0.25, -0.2) is 0 Å². The molecule has 2 heterocycles. The van der Waals surface area contributed by atoms with Crippen molar-refractivity contribution in [3.63, 3.8) is 0 Å². The average molecular weight is 381 g/mol. The molecule has 1 aliphatic rings. The summed E-state index contributed by atoms with van der Waals surface area (Å²) in [4.78, 5) is 14.3. The molecule has 0 aliphatic carbocycles. The maximum Gasteiger partial charge on any atom is 0.233 e. The Labute approximate surface area is 156 Å². The Hall–Kier alpha value is -1.57. The van der Waals surface area contributed by atoms with E-state index in [0.717, 1.165) is 5.56 Å². The smallest absolute Gasteiger partial charge is 0.233 e. The van der Waals surface area contributed by atoms with Gasteiger partial charge in [0.2, 0.25) is 5.91 Å². The normalized spacial score (nSPS) is 20.7. The van der Waals surface area contributed by atoms with Gasteiger partial charge in [0.05, 0.1) is 23.0 Å². The number of morpholine rings is 1. The lowest BCUT2D eigenvalue weighted by Crippen LogP contribution is -2.48. The van der Waals surface area contributed by atoms with E-state index in [0.29, 0.717) is 34.8 Å². The van der Waals surface area contributed by atoms with Crippen LogP contribution < -0.4 is 0 Å². The Kier molecular flexibility index (Phi) is 5.66. The third-order valence-corrected chi connectivity index (χ3v) is 5.38. The fraction of sp³-hybridized carbons (Fsp3) is 0.471. The van der Waals surface area contributed by atoms with Crippen LogP contribution in [-0.2, 0) is 16.6 Å². The Bertz CT molecular complexity index is 757. The molecular formula is C17H21ClN4O2S. The molecule has 6 nitrogen and oxygen atoms in total. The molecule has 1 aromatic heterocycles. The highest BCUT2D eigenvalue weighted by molar-refractivity contribution is 7.99. The number of carbonyl (C=O) groups is 1. The molecule has 1 fully saturated rings. The number of aromatic nitrogens is 3. The van der Waals surface area contributed by atoms with Gasteiger partial charge in [0.1, 0.15) is 0 Å². The van der Waals surface area contributed by atoms with Crippen molar-refractivity contribution in [2.45, 2.75) is 31.2 Å². The predicted octanol–water partition coefficient (Wildman–Crippen LogP) is 2.86. The van der Waals surface area contributed by atoms with Crippen LogP contribution >= 0.6 is 23.4 Å². The first kappa shape index (κ1) is 18.2. The molecule has 2 unspecified atom stereocenters. The number of amides is 1. The number of halogens is 1. The highest BCUT2D eigenvalue weighted by Gasteiger charge is 2.26. The molecule has 0 radical (unpaired) electrons. The number of thioether (sulfide) groups is 1. The third-order valence-electron chi connectivity index (χ3n) is 4.05. The Balaban J connectivity index is 1.66. The van der Waals surface area contributed by atoms with Crippen LogP contribution in [0, 0.1) is 0 Å². The lowest BCUT2D eigenvalue weighted by Gasteiger charge is -2.35. The first-order valence-corrected chi connectivity index (χ1v) is 9.52. The number of hydrogen-bond acceptors (Lipinski definition) is 5. The monoisotopic (exact) mass is 380 g/mol. The largest absolute Gasteiger partial charge is 0.372 e. The molecule has 1 saturated heterocycles. The Morgan fingerprint density at radius 2 is 1.96 bits per heavy atom. The maximum absolute atomic E-state index is 12.5. The molecule has 2 atom stereocenters. The zero-order chi connectivity index (χ0) is 18.0. The van der Waals surface area contributed by atoms with Crippen molar-refractivity contribution >= 4 is 29.3 Å². The van der Waals surface area contributed by atoms with Crippen LogP contribution in [0.4, 0.5) is 0 Å². The van der Waals surface area contributed by atoms with Crippen molar-refractivity contribution in [1.29, 1.82) is 0 Å². The van der Waals surface area contributed by atoms with Crippen LogP contribution in [0.15, 0.2) is 29.4 Å². The van der Waals surface area contributed by atoms with Crippen molar-refractivity contribution in [3.8, 4) is 11.4 Å². The fourth-order valence-electron chi connectivity index (χ4n) is 2.92. The summed E-state index contributed by atoms with van der Waals surface area (Å²) < 4.78 is 7.54. The molecule has 0 spiro atoms. The molecule has 0 bridgehead atoms. The maximum atomic E-state index is 12.5. The number of rotatable bonds is 4. The van der Waals surface area contributed by atoms with Gasteiger partial charge in [-0.2, -0.15) is 0 Å². The van der Waals surface area contributed by atoms with E-state index in [9.17, 15) is 4.79 Å².